The molecule has 266 valence electrons. The summed E-state index contributed by atoms with van der Waals surface area (Å²) in [6.07, 6.45) is 0.172. The highest BCUT2D eigenvalue weighted by Gasteiger charge is 2.88. The lowest BCUT2D eigenvalue weighted by Gasteiger charge is -2.68. The number of hydrogen-bond acceptors (Lipinski definition) is 12. The summed E-state index contributed by atoms with van der Waals surface area (Å²) >= 11 is 0. The first-order chi connectivity index (χ1) is 22.5. The molecule has 0 aromatic heterocycles. The van der Waals surface area contributed by atoms with Gasteiger partial charge in [0.25, 0.3) is 0 Å². The van der Waals surface area contributed by atoms with Gasteiger partial charge in [0.15, 0.2) is 17.6 Å². The Hall–Kier alpha value is -2.03. The molecule has 14 atom stereocenters. The van der Waals surface area contributed by atoms with Gasteiger partial charge in [0.1, 0.15) is 22.4 Å². The number of benzene rings is 1. The average Bonchev–Trinajstić information content (AvgIpc) is 3.21. The number of carbonyl (C=O) groups is 1. The lowest BCUT2D eigenvalue weighted by atomic mass is 9.49. The van der Waals surface area contributed by atoms with Gasteiger partial charge in [-0.15, -0.1) is 0 Å². The number of fused-ring (bicyclic) bond motifs is 5. The molecule has 3 heterocycles. The van der Waals surface area contributed by atoms with Crippen molar-refractivity contribution in [1.29, 1.82) is 0 Å². The number of rotatable bonds is 4. The Balaban J connectivity index is 1.16. The maximum atomic E-state index is 13.5. The topological polar surface area (TPSA) is 179 Å². The molecular weight excluding hydrogens is 622 g/mol. The van der Waals surface area contributed by atoms with Crippen molar-refractivity contribution in [2.45, 2.75) is 124 Å². The predicted octanol–water partition coefficient (Wildman–Crippen LogP) is 1.36. The van der Waals surface area contributed by atoms with Gasteiger partial charge in [0.2, 0.25) is 5.79 Å². The molecule has 12 nitrogen and oxygen atoms in total. The van der Waals surface area contributed by atoms with Gasteiger partial charge in [0.05, 0.1) is 31.5 Å². The quantitative estimate of drug-likeness (QED) is 0.253. The van der Waals surface area contributed by atoms with E-state index >= 15 is 0 Å². The van der Waals surface area contributed by atoms with E-state index in [-0.39, 0.29) is 24.9 Å². The summed E-state index contributed by atoms with van der Waals surface area (Å²) in [4.78, 5) is 15.6. The lowest BCUT2D eigenvalue weighted by molar-refractivity contribution is -0.354. The Labute approximate surface area is 280 Å². The highest BCUT2D eigenvalue weighted by molar-refractivity contribution is 5.90. The minimum atomic E-state index is -2.10. The number of ether oxygens (including phenoxy) is 4. The standard InChI is InChI=1S/C36H51NO11/c1-19-6-11-26-31(3,40)35(43)25(17-37(26)16-19)33(42)18-34-24(32(33,41)15-27(35)38)10-9-23-30(34,2)13-12-28(36(23,44)48-34)47-29(39)20-7-8-21(45-4)22(14-20)46-5/h7-8,14,19,23-28,38,40-44H,6,9-13,15-18H2,1-5H3/t19-,23?,24?,25?,26-,27-,28-,30-,31+,32+,33+,34+,35-,36-/m0/s1. The minimum absolute atomic E-state index is 0.101. The van der Waals surface area contributed by atoms with Crippen LogP contribution < -0.4 is 9.47 Å². The Morgan fingerprint density at radius 3 is 2.31 bits per heavy atom. The number of esters is 1. The first-order valence-electron chi connectivity index (χ1n) is 17.6. The summed E-state index contributed by atoms with van der Waals surface area (Å²) in [6, 6.07) is 4.28. The summed E-state index contributed by atoms with van der Waals surface area (Å²) in [5.74, 6) is -3.63. The molecule has 3 unspecified atom stereocenters. The van der Waals surface area contributed by atoms with Crippen LogP contribution >= 0.6 is 0 Å². The zero-order chi connectivity index (χ0) is 34.4. The number of methoxy groups -OCH3 is 2. The van der Waals surface area contributed by atoms with Crippen molar-refractivity contribution >= 4 is 5.97 Å². The molecule has 6 N–H and O–H groups in total. The Morgan fingerprint density at radius 2 is 1.60 bits per heavy atom. The average molecular weight is 674 g/mol. The monoisotopic (exact) mass is 673 g/mol. The van der Waals surface area contributed by atoms with Crippen molar-refractivity contribution in [2.75, 3.05) is 27.3 Å². The third-order valence-corrected chi connectivity index (χ3v) is 14.9. The Kier molecular flexibility index (Phi) is 6.94. The molecule has 4 aliphatic carbocycles. The second-order valence-corrected chi connectivity index (χ2v) is 16.8. The molecule has 4 bridgehead atoms. The molecule has 8 rings (SSSR count). The highest BCUT2D eigenvalue weighted by atomic mass is 16.7. The largest absolute Gasteiger partial charge is 0.493 e. The zero-order valence-corrected chi connectivity index (χ0v) is 28.5. The molecule has 7 aliphatic rings. The fourth-order valence-corrected chi connectivity index (χ4v) is 12.6. The van der Waals surface area contributed by atoms with Crippen LogP contribution in [-0.2, 0) is 9.47 Å². The Morgan fingerprint density at radius 1 is 0.896 bits per heavy atom. The smallest absolute Gasteiger partial charge is 0.338 e. The third kappa shape index (κ3) is 3.66. The van der Waals surface area contributed by atoms with Gasteiger partial charge in [-0.1, -0.05) is 13.8 Å². The van der Waals surface area contributed by atoms with E-state index in [9.17, 15) is 35.4 Å². The van der Waals surface area contributed by atoms with Crippen LogP contribution in [0.15, 0.2) is 18.2 Å². The van der Waals surface area contributed by atoms with Gasteiger partial charge < -0.3 is 49.6 Å². The van der Waals surface area contributed by atoms with E-state index in [1.54, 1.807) is 19.1 Å². The van der Waals surface area contributed by atoms with Gasteiger partial charge in [-0.25, -0.2) is 4.79 Å². The molecule has 48 heavy (non-hydrogen) atoms. The first-order valence-corrected chi connectivity index (χ1v) is 17.6. The third-order valence-electron chi connectivity index (χ3n) is 14.9. The minimum Gasteiger partial charge on any atom is -0.493 e. The second kappa shape index (κ2) is 10.1. The van der Waals surface area contributed by atoms with E-state index in [0.29, 0.717) is 56.1 Å². The molecule has 3 saturated heterocycles. The first kappa shape index (κ1) is 33.1. The number of aliphatic hydroxyl groups excluding tert-OH is 1. The molecule has 1 spiro atoms. The summed E-state index contributed by atoms with van der Waals surface area (Å²) in [6.45, 7) is 6.57. The van der Waals surface area contributed by atoms with Crippen LogP contribution in [0.1, 0.15) is 82.5 Å². The number of nitrogens with zero attached hydrogens (tertiary/aromatic N) is 1. The van der Waals surface area contributed by atoms with Crippen LogP contribution in [-0.4, -0.2) is 121 Å². The van der Waals surface area contributed by atoms with Crippen LogP contribution in [0, 0.1) is 29.1 Å². The van der Waals surface area contributed by atoms with Crippen molar-refractivity contribution in [2.24, 2.45) is 29.1 Å². The van der Waals surface area contributed by atoms with Crippen LogP contribution in [0.3, 0.4) is 0 Å². The van der Waals surface area contributed by atoms with E-state index in [2.05, 4.69) is 11.8 Å². The fourth-order valence-electron chi connectivity index (χ4n) is 12.6. The van der Waals surface area contributed by atoms with Crippen molar-refractivity contribution in [3.63, 3.8) is 0 Å². The van der Waals surface area contributed by atoms with Crippen LogP contribution in [0.2, 0.25) is 0 Å². The van der Waals surface area contributed by atoms with Gasteiger partial charge in [-0.3, -0.25) is 4.90 Å². The lowest BCUT2D eigenvalue weighted by Crippen LogP contribution is -2.85. The number of hydrogen-bond donors (Lipinski definition) is 6. The Bertz CT molecular complexity index is 1520. The molecule has 0 radical (unpaired) electrons. The molecule has 1 aromatic carbocycles. The van der Waals surface area contributed by atoms with Crippen LogP contribution in [0.25, 0.3) is 0 Å². The van der Waals surface area contributed by atoms with Gasteiger partial charge >= 0.3 is 5.97 Å². The van der Waals surface area contributed by atoms with Gasteiger partial charge in [-0.05, 0) is 69.6 Å². The molecule has 4 saturated carbocycles. The van der Waals surface area contributed by atoms with Crippen molar-refractivity contribution in [3.8, 4) is 11.5 Å². The molecule has 7 fully saturated rings. The van der Waals surface area contributed by atoms with Gasteiger partial charge in [0, 0.05) is 55.1 Å². The van der Waals surface area contributed by atoms with E-state index in [1.165, 1.54) is 20.3 Å². The van der Waals surface area contributed by atoms with E-state index < -0.39 is 81.2 Å². The van der Waals surface area contributed by atoms with E-state index in [1.807, 2.05) is 6.92 Å². The number of carbonyl (C=O) groups excluding carboxylic acids is 1. The summed E-state index contributed by atoms with van der Waals surface area (Å²) in [5.41, 5.74) is -9.44. The summed E-state index contributed by atoms with van der Waals surface area (Å²) in [5, 5.41) is 74.7. The van der Waals surface area contributed by atoms with Gasteiger partial charge in [-0.2, -0.15) is 0 Å². The van der Waals surface area contributed by atoms with Crippen molar-refractivity contribution in [1.82, 2.24) is 4.90 Å². The normalized spacial score (nSPS) is 53.6. The maximum Gasteiger partial charge on any atom is 0.338 e. The molecule has 1 aromatic rings. The molecule has 3 aliphatic heterocycles. The summed E-state index contributed by atoms with van der Waals surface area (Å²) in [7, 11) is 2.97. The maximum absolute atomic E-state index is 13.5. The van der Waals surface area contributed by atoms with E-state index in [0.717, 1.165) is 6.42 Å². The van der Waals surface area contributed by atoms with E-state index in [4.69, 9.17) is 18.9 Å². The summed E-state index contributed by atoms with van der Waals surface area (Å²) < 4.78 is 23.5. The molecule has 0 amide bonds. The number of aliphatic hydroxyl groups is 6. The highest BCUT2D eigenvalue weighted by Crippen LogP contribution is 2.78. The van der Waals surface area contributed by atoms with Crippen molar-refractivity contribution in [3.05, 3.63) is 23.8 Å². The van der Waals surface area contributed by atoms with Crippen LogP contribution in [0.5, 0.6) is 11.5 Å². The second-order valence-electron chi connectivity index (χ2n) is 16.8. The predicted molar refractivity (Wildman–Crippen MR) is 169 cm³/mol. The van der Waals surface area contributed by atoms with Crippen LogP contribution in [0.4, 0.5) is 0 Å². The fraction of sp³-hybridized carbons (Fsp3) is 0.806. The SMILES string of the molecule is COc1ccc(C(=O)O[C@H]2CC[C@@]3(C)C4CCC5[C@]6(O)C[C@H](O)[C@@]7(O)C(CN8C[C@@H](C)CC[C@H]8[C@@]7(C)O)[C@]6(O)C[C@@]53O[C@@]42O)cc1OC. The van der Waals surface area contributed by atoms with Crippen molar-refractivity contribution < 1.29 is 54.4 Å². The zero-order valence-electron chi connectivity index (χ0n) is 28.5. The molecular formula is C36H51NO11. The molecule has 12 heteroatoms. The number of piperidine rings is 2.